The van der Waals surface area contributed by atoms with Gasteiger partial charge in [0.2, 0.25) is 21.8 Å². The molecular formula is C31H38ClN3O4S. The SMILES string of the molecule is Cc1cccc(N(CC(=O)N(Cc2ccccc2Cl)[C@@H](Cc2ccccc2)C(=O)NCC(C)C)S(C)(=O)=O)c1C. The van der Waals surface area contributed by atoms with E-state index < -0.39 is 28.5 Å². The Morgan fingerprint density at radius 2 is 1.57 bits per heavy atom. The van der Waals surface area contributed by atoms with Crippen LogP contribution in [0.15, 0.2) is 72.8 Å². The van der Waals surface area contributed by atoms with Crippen LogP contribution in [-0.4, -0.2) is 50.5 Å². The van der Waals surface area contributed by atoms with Gasteiger partial charge in [0.25, 0.3) is 0 Å². The first-order chi connectivity index (χ1) is 18.9. The molecule has 1 N–H and O–H groups in total. The second-order valence-corrected chi connectivity index (χ2v) is 12.8. The van der Waals surface area contributed by atoms with Crippen LogP contribution in [0.25, 0.3) is 0 Å². The summed E-state index contributed by atoms with van der Waals surface area (Å²) >= 11 is 6.49. The average Bonchev–Trinajstić information content (AvgIpc) is 2.90. The van der Waals surface area contributed by atoms with Crippen LogP contribution in [0.3, 0.4) is 0 Å². The zero-order chi connectivity index (χ0) is 29.4. The first-order valence-corrected chi connectivity index (χ1v) is 15.5. The molecule has 0 spiro atoms. The van der Waals surface area contributed by atoms with Crippen molar-refractivity contribution >= 4 is 39.1 Å². The highest BCUT2D eigenvalue weighted by Gasteiger charge is 2.33. The lowest BCUT2D eigenvalue weighted by atomic mass is 10.0. The van der Waals surface area contributed by atoms with Gasteiger partial charge in [0.1, 0.15) is 12.6 Å². The van der Waals surface area contributed by atoms with Gasteiger partial charge in [0, 0.05) is 24.5 Å². The van der Waals surface area contributed by atoms with Crippen molar-refractivity contribution in [2.75, 3.05) is 23.7 Å². The number of hydrogen-bond donors (Lipinski definition) is 1. The molecule has 0 saturated carbocycles. The normalized spacial score (nSPS) is 12.2. The predicted octanol–water partition coefficient (Wildman–Crippen LogP) is 5.14. The minimum absolute atomic E-state index is 0.0372. The van der Waals surface area contributed by atoms with Crippen LogP contribution in [0.2, 0.25) is 5.02 Å². The van der Waals surface area contributed by atoms with Gasteiger partial charge in [-0.1, -0.05) is 86.1 Å². The number of aryl methyl sites for hydroxylation is 1. The Morgan fingerprint density at radius 1 is 0.925 bits per heavy atom. The molecular weight excluding hydrogens is 546 g/mol. The highest BCUT2D eigenvalue weighted by Crippen LogP contribution is 2.26. The van der Waals surface area contributed by atoms with E-state index in [1.807, 2.05) is 70.2 Å². The Morgan fingerprint density at radius 3 is 2.20 bits per heavy atom. The molecule has 3 rings (SSSR count). The minimum atomic E-state index is -3.83. The van der Waals surface area contributed by atoms with Crippen molar-refractivity contribution in [3.05, 3.63) is 100 Å². The number of amides is 2. The van der Waals surface area contributed by atoms with Crippen LogP contribution in [-0.2, 0) is 32.6 Å². The monoisotopic (exact) mass is 583 g/mol. The lowest BCUT2D eigenvalue weighted by Gasteiger charge is -2.34. The third-order valence-corrected chi connectivity index (χ3v) is 8.27. The smallest absolute Gasteiger partial charge is 0.244 e. The maximum atomic E-state index is 14.2. The molecule has 0 heterocycles. The molecule has 9 heteroatoms. The molecule has 3 aromatic rings. The van der Waals surface area contributed by atoms with E-state index in [0.717, 1.165) is 27.3 Å². The molecule has 1 atom stereocenters. The number of rotatable bonds is 12. The molecule has 0 aliphatic rings. The van der Waals surface area contributed by atoms with E-state index in [2.05, 4.69) is 5.32 Å². The number of anilines is 1. The number of halogens is 1. The fourth-order valence-electron chi connectivity index (χ4n) is 4.39. The van der Waals surface area contributed by atoms with Gasteiger partial charge in [-0.25, -0.2) is 8.42 Å². The molecule has 7 nitrogen and oxygen atoms in total. The first kappa shape index (κ1) is 31.2. The molecule has 3 aromatic carbocycles. The lowest BCUT2D eigenvalue weighted by Crippen LogP contribution is -2.53. The van der Waals surface area contributed by atoms with Crippen LogP contribution in [0.5, 0.6) is 0 Å². The molecule has 40 heavy (non-hydrogen) atoms. The summed E-state index contributed by atoms with van der Waals surface area (Å²) < 4.78 is 27.1. The lowest BCUT2D eigenvalue weighted by molar-refractivity contribution is -0.140. The standard InChI is InChI=1S/C31H38ClN3O4S/c1-22(2)19-33-31(37)29(18-25-13-7-6-8-14-25)34(20-26-15-9-10-16-27(26)32)30(36)21-35(40(5,38)39)28-17-11-12-23(3)24(28)4/h6-17,22,29H,18-21H2,1-5H3,(H,33,37)/t29-/m0/s1. The summed E-state index contributed by atoms with van der Waals surface area (Å²) in [6, 6.07) is 21.0. The van der Waals surface area contributed by atoms with Crippen LogP contribution in [0, 0.1) is 19.8 Å². The Bertz CT molecular complexity index is 1430. The number of carbonyl (C=O) groups excluding carboxylic acids is 2. The van der Waals surface area contributed by atoms with Crippen molar-refractivity contribution in [3.8, 4) is 0 Å². The van der Waals surface area contributed by atoms with Crippen molar-refractivity contribution in [1.82, 2.24) is 10.2 Å². The van der Waals surface area contributed by atoms with E-state index in [1.165, 1.54) is 4.90 Å². The summed E-state index contributed by atoms with van der Waals surface area (Å²) in [7, 11) is -3.83. The van der Waals surface area contributed by atoms with E-state index in [0.29, 0.717) is 22.8 Å². The zero-order valence-electron chi connectivity index (χ0n) is 23.7. The number of carbonyl (C=O) groups is 2. The minimum Gasteiger partial charge on any atom is -0.354 e. The quantitative estimate of drug-likeness (QED) is 0.320. The van der Waals surface area contributed by atoms with Gasteiger partial charge in [0.15, 0.2) is 0 Å². The maximum absolute atomic E-state index is 14.2. The second-order valence-electron chi connectivity index (χ2n) is 10.4. The first-order valence-electron chi connectivity index (χ1n) is 13.3. The molecule has 0 radical (unpaired) electrons. The van der Waals surface area contributed by atoms with E-state index in [9.17, 15) is 18.0 Å². The molecule has 0 aromatic heterocycles. The number of sulfonamides is 1. The Hall–Kier alpha value is -3.36. The van der Waals surface area contributed by atoms with Crippen molar-refractivity contribution in [1.29, 1.82) is 0 Å². The molecule has 0 aliphatic carbocycles. The Labute approximate surface area is 243 Å². The molecule has 0 bridgehead atoms. The predicted molar refractivity (Wildman–Crippen MR) is 162 cm³/mol. The Balaban J connectivity index is 2.08. The Kier molecular flexibility index (Phi) is 10.8. The van der Waals surface area contributed by atoms with E-state index in [4.69, 9.17) is 11.6 Å². The van der Waals surface area contributed by atoms with E-state index in [1.54, 1.807) is 30.3 Å². The van der Waals surface area contributed by atoms with Gasteiger partial charge in [-0.15, -0.1) is 0 Å². The molecule has 0 aliphatic heterocycles. The molecule has 0 saturated heterocycles. The highest BCUT2D eigenvalue weighted by atomic mass is 35.5. The summed E-state index contributed by atoms with van der Waals surface area (Å²) in [5.41, 5.74) is 3.62. The summed E-state index contributed by atoms with van der Waals surface area (Å²) in [5, 5.41) is 3.43. The fourth-order valence-corrected chi connectivity index (χ4v) is 5.48. The summed E-state index contributed by atoms with van der Waals surface area (Å²) in [5.74, 6) is -0.610. The largest absolute Gasteiger partial charge is 0.354 e. The number of nitrogens with zero attached hydrogens (tertiary/aromatic N) is 2. The highest BCUT2D eigenvalue weighted by molar-refractivity contribution is 7.92. The number of hydrogen-bond acceptors (Lipinski definition) is 4. The van der Waals surface area contributed by atoms with Crippen molar-refractivity contribution in [2.24, 2.45) is 5.92 Å². The number of benzene rings is 3. The van der Waals surface area contributed by atoms with Crippen LogP contribution >= 0.6 is 11.6 Å². The zero-order valence-corrected chi connectivity index (χ0v) is 25.3. The topological polar surface area (TPSA) is 86.8 Å². The van der Waals surface area contributed by atoms with Crippen molar-refractivity contribution in [3.63, 3.8) is 0 Å². The second kappa shape index (κ2) is 13.8. The maximum Gasteiger partial charge on any atom is 0.244 e. The van der Waals surface area contributed by atoms with Crippen molar-refractivity contribution < 1.29 is 18.0 Å². The van der Waals surface area contributed by atoms with Gasteiger partial charge < -0.3 is 10.2 Å². The molecule has 0 fully saturated rings. The molecule has 0 unspecified atom stereocenters. The average molecular weight is 584 g/mol. The third kappa shape index (κ3) is 8.32. The van der Waals surface area contributed by atoms with Gasteiger partial charge in [-0.05, 0) is 54.2 Å². The van der Waals surface area contributed by atoms with Crippen LogP contribution in [0.4, 0.5) is 5.69 Å². The van der Waals surface area contributed by atoms with Gasteiger partial charge in [-0.2, -0.15) is 0 Å². The fraction of sp³-hybridized carbons (Fsp3) is 0.355. The van der Waals surface area contributed by atoms with E-state index in [-0.39, 0.29) is 24.8 Å². The van der Waals surface area contributed by atoms with Gasteiger partial charge >= 0.3 is 0 Å². The summed E-state index contributed by atoms with van der Waals surface area (Å²) in [4.78, 5) is 29.3. The third-order valence-electron chi connectivity index (χ3n) is 6.78. The molecule has 214 valence electrons. The van der Waals surface area contributed by atoms with E-state index >= 15 is 0 Å². The number of nitrogens with one attached hydrogen (secondary N) is 1. The summed E-state index contributed by atoms with van der Waals surface area (Å²) in [6.45, 7) is 7.72. The van der Waals surface area contributed by atoms with Crippen LogP contribution < -0.4 is 9.62 Å². The van der Waals surface area contributed by atoms with Gasteiger partial charge in [0.05, 0.1) is 11.9 Å². The van der Waals surface area contributed by atoms with Gasteiger partial charge in [-0.3, -0.25) is 13.9 Å². The van der Waals surface area contributed by atoms with Crippen LogP contribution in [0.1, 0.15) is 36.1 Å². The molecule has 2 amide bonds. The van der Waals surface area contributed by atoms with Crippen molar-refractivity contribution in [2.45, 2.75) is 46.7 Å². The summed E-state index contributed by atoms with van der Waals surface area (Å²) in [6.07, 6.45) is 1.33.